The Labute approximate surface area is 110 Å². The van der Waals surface area contributed by atoms with Crippen molar-refractivity contribution < 1.29 is 0 Å². The molecule has 0 radical (unpaired) electrons. The Morgan fingerprint density at radius 3 is 2.83 bits per heavy atom. The second kappa shape index (κ2) is 8.69. The van der Waals surface area contributed by atoms with Crippen molar-refractivity contribution in [2.45, 2.75) is 32.6 Å². The average molecular weight is 251 g/mol. The molecule has 0 atom stereocenters. The smallest absolute Gasteiger partial charge is 0.133 e. The average Bonchev–Trinajstić information content (AvgIpc) is 2.39. The van der Waals surface area contributed by atoms with E-state index in [1.165, 1.54) is 19.3 Å². The fourth-order valence-corrected chi connectivity index (χ4v) is 1.68. The van der Waals surface area contributed by atoms with Crippen LogP contribution in [-0.2, 0) is 0 Å². The topological polar surface area (TPSA) is 67.1 Å². The van der Waals surface area contributed by atoms with Crippen molar-refractivity contribution in [2.24, 2.45) is 5.73 Å². The molecule has 0 unspecified atom stereocenters. The molecular weight excluding hydrogens is 226 g/mol. The second-order valence-electron chi connectivity index (χ2n) is 4.46. The van der Waals surface area contributed by atoms with Gasteiger partial charge in [-0.15, -0.1) is 0 Å². The van der Waals surface area contributed by atoms with Crippen LogP contribution in [-0.4, -0.2) is 36.6 Å². The maximum absolute atomic E-state index is 5.46. The van der Waals surface area contributed by atoms with Crippen molar-refractivity contribution in [3.05, 3.63) is 12.4 Å². The highest BCUT2D eigenvalue weighted by Gasteiger charge is 2.03. The number of hydrogen-bond donors (Lipinski definition) is 2. The van der Waals surface area contributed by atoms with Crippen LogP contribution in [0.4, 0.5) is 11.6 Å². The molecule has 18 heavy (non-hydrogen) atoms. The summed E-state index contributed by atoms with van der Waals surface area (Å²) in [5.41, 5.74) is 5.46. The van der Waals surface area contributed by atoms with E-state index in [0.717, 1.165) is 31.1 Å². The van der Waals surface area contributed by atoms with Gasteiger partial charge in [0.1, 0.15) is 18.0 Å². The standard InChI is InChI=1S/C13H25N5/c1-3-4-5-9-18(2)13-10-12(16-11-17-13)15-8-6-7-14/h10-11H,3-9,14H2,1-2H3,(H,15,16,17). The largest absolute Gasteiger partial charge is 0.370 e. The maximum atomic E-state index is 5.46. The van der Waals surface area contributed by atoms with Gasteiger partial charge in [0.25, 0.3) is 0 Å². The number of rotatable bonds is 9. The molecule has 0 bridgehead atoms. The summed E-state index contributed by atoms with van der Waals surface area (Å²) in [4.78, 5) is 10.7. The van der Waals surface area contributed by atoms with Crippen LogP contribution in [0.2, 0.25) is 0 Å². The Morgan fingerprint density at radius 1 is 1.28 bits per heavy atom. The van der Waals surface area contributed by atoms with Crippen LogP contribution in [0.5, 0.6) is 0 Å². The Morgan fingerprint density at radius 2 is 2.11 bits per heavy atom. The molecule has 0 aliphatic rings. The molecular formula is C13H25N5. The van der Waals surface area contributed by atoms with Crippen molar-refractivity contribution in [2.75, 3.05) is 36.9 Å². The van der Waals surface area contributed by atoms with E-state index in [1.807, 2.05) is 6.07 Å². The van der Waals surface area contributed by atoms with Gasteiger partial charge in [-0.1, -0.05) is 19.8 Å². The molecule has 1 aromatic heterocycles. The molecule has 0 amide bonds. The first-order chi connectivity index (χ1) is 8.77. The zero-order valence-electron chi connectivity index (χ0n) is 11.5. The predicted molar refractivity (Wildman–Crippen MR) is 77.0 cm³/mol. The molecule has 0 spiro atoms. The van der Waals surface area contributed by atoms with Gasteiger partial charge in [0.05, 0.1) is 0 Å². The molecule has 0 fully saturated rings. The maximum Gasteiger partial charge on any atom is 0.133 e. The minimum Gasteiger partial charge on any atom is -0.370 e. The van der Waals surface area contributed by atoms with Gasteiger partial charge in [-0.05, 0) is 19.4 Å². The molecule has 1 rings (SSSR count). The van der Waals surface area contributed by atoms with Crippen LogP contribution in [0.15, 0.2) is 12.4 Å². The lowest BCUT2D eigenvalue weighted by molar-refractivity contribution is 0.701. The van der Waals surface area contributed by atoms with Gasteiger partial charge in [0.2, 0.25) is 0 Å². The first kappa shape index (κ1) is 14.7. The highest BCUT2D eigenvalue weighted by molar-refractivity contribution is 5.47. The van der Waals surface area contributed by atoms with Crippen LogP contribution in [0.1, 0.15) is 32.6 Å². The van der Waals surface area contributed by atoms with Gasteiger partial charge in [-0.2, -0.15) is 0 Å². The third kappa shape index (κ3) is 5.31. The molecule has 5 heteroatoms. The normalized spacial score (nSPS) is 10.4. The molecule has 1 heterocycles. The number of hydrogen-bond acceptors (Lipinski definition) is 5. The van der Waals surface area contributed by atoms with Crippen LogP contribution in [0.3, 0.4) is 0 Å². The number of unbranched alkanes of at least 4 members (excludes halogenated alkanes) is 2. The van der Waals surface area contributed by atoms with E-state index >= 15 is 0 Å². The third-order valence-corrected chi connectivity index (χ3v) is 2.83. The highest BCUT2D eigenvalue weighted by Crippen LogP contribution is 2.13. The number of nitrogens with two attached hydrogens (primary N) is 1. The zero-order chi connectivity index (χ0) is 13.2. The van der Waals surface area contributed by atoms with Crippen molar-refractivity contribution in [3.8, 4) is 0 Å². The first-order valence-electron chi connectivity index (χ1n) is 6.75. The van der Waals surface area contributed by atoms with Crippen LogP contribution in [0.25, 0.3) is 0 Å². The summed E-state index contributed by atoms with van der Waals surface area (Å²) in [6, 6.07) is 1.99. The van der Waals surface area contributed by atoms with Crippen LogP contribution >= 0.6 is 0 Å². The Hall–Kier alpha value is -1.36. The number of nitrogens with one attached hydrogen (secondary N) is 1. The van der Waals surface area contributed by atoms with E-state index in [2.05, 4.69) is 34.2 Å². The van der Waals surface area contributed by atoms with Gasteiger partial charge >= 0.3 is 0 Å². The molecule has 0 saturated carbocycles. The summed E-state index contributed by atoms with van der Waals surface area (Å²) in [5, 5.41) is 3.25. The van der Waals surface area contributed by atoms with Gasteiger partial charge in [0.15, 0.2) is 0 Å². The SMILES string of the molecule is CCCCCN(C)c1cc(NCCCN)ncn1. The van der Waals surface area contributed by atoms with Gasteiger partial charge in [0, 0.05) is 26.2 Å². The van der Waals surface area contributed by atoms with Crippen molar-refractivity contribution in [1.29, 1.82) is 0 Å². The van der Waals surface area contributed by atoms with E-state index in [0.29, 0.717) is 6.54 Å². The lowest BCUT2D eigenvalue weighted by Crippen LogP contribution is -2.20. The first-order valence-corrected chi connectivity index (χ1v) is 6.75. The lowest BCUT2D eigenvalue weighted by atomic mass is 10.2. The van der Waals surface area contributed by atoms with E-state index in [4.69, 9.17) is 5.73 Å². The number of aromatic nitrogens is 2. The molecule has 0 saturated heterocycles. The van der Waals surface area contributed by atoms with Crippen LogP contribution in [0, 0.1) is 0 Å². The van der Waals surface area contributed by atoms with E-state index in [9.17, 15) is 0 Å². The van der Waals surface area contributed by atoms with Gasteiger partial charge < -0.3 is 16.0 Å². The van der Waals surface area contributed by atoms with E-state index < -0.39 is 0 Å². The lowest BCUT2D eigenvalue weighted by Gasteiger charge is -2.18. The third-order valence-electron chi connectivity index (χ3n) is 2.83. The molecule has 3 N–H and O–H groups in total. The minimum atomic E-state index is 0.696. The fraction of sp³-hybridized carbons (Fsp3) is 0.692. The second-order valence-corrected chi connectivity index (χ2v) is 4.46. The Balaban J connectivity index is 2.47. The summed E-state index contributed by atoms with van der Waals surface area (Å²) in [6.07, 6.45) is 6.26. The monoisotopic (exact) mass is 251 g/mol. The molecule has 0 aliphatic carbocycles. The molecule has 1 aromatic rings. The molecule has 0 aliphatic heterocycles. The minimum absolute atomic E-state index is 0.696. The highest BCUT2D eigenvalue weighted by atomic mass is 15.2. The van der Waals surface area contributed by atoms with Gasteiger partial charge in [-0.25, -0.2) is 9.97 Å². The summed E-state index contributed by atoms with van der Waals surface area (Å²) in [7, 11) is 2.07. The van der Waals surface area contributed by atoms with Gasteiger partial charge in [-0.3, -0.25) is 0 Å². The number of anilines is 2. The van der Waals surface area contributed by atoms with Crippen molar-refractivity contribution in [1.82, 2.24) is 9.97 Å². The Bertz CT molecular complexity index is 329. The quantitative estimate of drug-likeness (QED) is 0.656. The van der Waals surface area contributed by atoms with E-state index in [-0.39, 0.29) is 0 Å². The summed E-state index contributed by atoms with van der Waals surface area (Å²) in [5.74, 6) is 1.84. The predicted octanol–water partition coefficient (Wildman–Crippen LogP) is 1.86. The van der Waals surface area contributed by atoms with Crippen LogP contribution < -0.4 is 16.0 Å². The van der Waals surface area contributed by atoms with Crippen molar-refractivity contribution >= 4 is 11.6 Å². The Kier molecular flexibility index (Phi) is 7.10. The summed E-state index contributed by atoms with van der Waals surface area (Å²) in [6.45, 7) is 4.80. The van der Waals surface area contributed by atoms with Crippen molar-refractivity contribution in [3.63, 3.8) is 0 Å². The number of nitrogens with zero attached hydrogens (tertiary/aromatic N) is 3. The zero-order valence-corrected chi connectivity index (χ0v) is 11.5. The molecule has 0 aromatic carbocycles. The summed E-state index contributed by atoms with van der Waals surface area (Å²) >= 11 is 0. The summed E-state index contributed by atoms with van der Waals surface area (Å²) < 4.78 is 0. The fourth-order valence-electron chi connectivity index (χ4n) is 1.68. The molecule has 102 valence electrons. The molecule has 5 nitrogen and oxygen atoms in total. The van der Waals surface area contributed by atoms with E-state index in [1.54, 1.807) is 6.33 Å².